The standard InChI is InChI=1S/C32H30N4O2/c1-19-15-25-29(17-27(19)35(3)4)37-31(33-25)23-11-7-21(8-12-23)22-9-13-24(14-10-22)32-34-26-16-20(2)28(36(5)6)18-30(26)38-32/h7-18H,1-6H3. The van der Waals surface area contributed by atoms with Crippen LogP contribution in [0.5, 0.6) is 0 Å². The predicted octanol–water partition coefficient (Wildman–Crippen LogP) is 7.72. The fourth-order valence-electron chi connectivity index (χ4n) is 4.96. The summed E-state index contributed by atoms with van der Waals surface area (Å²) in [5.41, 5.74) is 12.1. The van der Waals surface area contributed by atoms with Gasteiger partial charge in [-0.15, -0.1) is 0 Å². The molecule has 0 spiro atoms. The van der Waals surface area contributed by atoms with Gasteiger partial charge in [-0.3, -0.25) is 0 Å². The Bertz CT molecular complexity index is 1640. The predicted molar refractivity (Wildman–Crippen MR) is 156 cm³/mol. The average molecular weight is 503 g/mol. The lowest BCUT2D eigenvalue weighted by molar-refractivity contribution is 0.619. The molecule has 6 nitrogen and oxygen atoms in total. The van der Waals surface area contributed by atoms with Crippen molar-refractivity contribution in [3.8, 4) is 34.0 Å². The normalized spacial score (nSPS) is 11.4. The van der Waals surface area contributed by atoms with Crippen molar-refractivity contribution in [2.24, 2.45) is 0 Å². The number of anilines is 2. The Morgan fingerprint density at radius 3 is 1.18 bits per heavy atom. The number of hydrogen-bond donors (Lipinski definition) is 0. The molecular formula is C32H30N4O2. The number of hydrogen-bond acceptors (Lipinski definition) is 6. The lowest BCUT2D eigenvalue weighted by Gasteiger charge is -2.14. The van der Waals surface area contributed by atoms with Gasteiger partial charge in [0, 0.05) is 62.8 Å². The third-order valence-electron chi connectivity index (χ3n) is 6.97. The summed E-state index contributed by atoms with van der Waals surface area (Å²) in [6.07, 6.45) is 0. The quantitative estimate of drug-likeness (QED) is 0.241. The molecule has 0 saturated carbocycles. The number of aromatic nitrogens is 2. The van der Waals surface area contributed by atoms with Gasteiger partial charge in [0.25, 0.3) is 0 Å². The summed E-state index contributed by atoms with van der Waals surface area (Å²) in [7, 11) is 8.13. The van der Waals surface area contributed by atoms with E-state index in [0.29, 0.717) is 11.8 Å². The summed E-state index contributed by atoms with van der Waals surface area (Å²) in [5, 5.41) is 0. The molecule has 0 N–H and O–H groups in total. The summed E-state index contributed by atoms with van der Waals surface area (Å²) in [5.74, 6) is 1.25. The third-order valence-corrected chi connectivity index (χ3v) is 6.97. The minimum absolute atomic E-state index is 0.626. The van der Waals surface area contributed by atoms with E-state index in [2.05, 4.69) is 96.4 Å². The third kappa shape index (κ3) is 4.18. The van der Waals surface area contributed by atoms with E-state index in [1.54, 1.807) is 0 Å². The fourth-order valence-corrected chi connectivity index (χ4v) is 4.96. The molecular weight excluding hydrogens is 472 g/mol. The molecule has 0 amide bonds. The summed E-state index contributed by atoms with van der Waals surface area (Å²) in [6.45, 7) is 4.19. The number of nitrogens with zero attached hydrogens (tertiary/aromatic N) is 4. The lowest BCUT2D eigenvalue weighted by Crippen LogP contribution is -2.09. The monoisotopic (exact) mass is 502 g/mol. The van der Waals surface area contributed by atoms with Crippen LogP contribution in [-0.4, -0.2) is 38.2 Å². The molecule has 2 heterocycles. The Morgan fingerprint density at radius 2 is 0.842 bits per heavy atom. The number of aryl methyl sites for hydroxylation is 2. The Labute approximate surface area is 222 Å². The zero-order valence-corrected chi connectivity index (χ0v) is 22.5. The molecule has 0 unspecified atom stereocenters. The molecule has 0 atom stereocenters. The molecule has 4 aromatic carbocycles. The van der Waals surface area contributed by atoms with E-state index >= 15 is 0 Å². The smallest absolute Gasteiger partial charge is 0.227 e. The van der Waals surface area contributed by atoms with E-state index in [1.807, 2.05) is 28.2 Å². The van der Waals surface area contributed by atoms with E-state index < -0.39 is 0 Å². The number of oxazole rings is 2. The lowest BCUT2D eigenvalue weighted by atomic mass is 10.0. The maximum Gasteiger partial charge on any atom is 0.227 e. The zero-order valence-electron chi connectivity index (χ0n) is 22.5. The van der Waals surface area contributed by atoms with Gasteiger partial charge in [0.2, 0.25) is 11.8 Å². The van der Waals surface area contributed by atoms with Gasteiger partial charge in [0.05, 0.1) is 0 Å². The summed E-state index contributed by atoms with van der Waals surface area (Å²) in [4.78, 5) is 13.6. The van der Waals surface area contributed by atoms with Crippen molar-refractivity contribution in [2.75, 3.05) is 38.0 Å². The van der Waals surface area contributed by atoms with E-state index in [4.69, 9.17) is 18.8 Å². The van der Waals surface area contributed by atoms with Crippen molar-refractivity contribution >= 4 is 33.6 Å². The highest BCUT2D eigenvalue weighted by molar-refractivity contribution is 5.83. The molecule has 0 saturated heterocycles. The van der Waals surface area contributed by atoms with Crippen LogP contribution in [-0.2, 0) is 0 Å². The summed E-state index contributed by atoms with van der Waals surface area (Å²) in [6, 6.07) is 24.9. The number of rotatable bonds is 5. The van der Waals surface area contributed by atoms with Crippen LogP contribution in [0.3, 0.4) is 0 Å². The molecule has 6 aromatic rings. The highest BCUT2D eigenvalue weighted by Gasteiger charge is 2.14. The first-order chi connectivity index (χ1) is 18.3. The molecule has 0 radical (unpaired) electrons. The van der Waals surface area contributed by atoms with Gasteiger partial charge < -0.3 is 18.6 Å². The van der Waals surface area contributed by atoms with E-state index in [1.165, 1.54) is 11.1 Å². The number of fused-ring (bicyclic) bond motifs is 2. The van der Waals surface area contributed by atoms with E-state index in [9.17, 15) is 0 Å². The first-order valence-corrected chi connectivity index (χ1v) is 12.6. The zero-order chi connectivity index (χ0) is 26.6. The molecule has 6 heteroatoms. The first-order valence-electron chi connectivity index (χ1n) is 12.6. The average Bonchev–Trinajstić information content (AvgIpc) is 3.51. The van der Waals surface area contributed by atoms with Crippen LogP contribution >= 0.6 is 0 Å². The Morgan fingerprint density at radius 1 is 0.500 bits per heavy atom. The van der Waals surface area contributed by atoms with E-state index in [0.717, 1.165) is 55.8 Å². The van der Waals surface area contributed by atoms with Gasteiger partial charge >= 0.3 is 0 Å². The number of benzene rings is 4. The molecule has 0 aliphatic rings. The summed E-state index contributed by atoms with van der Waals surface area (Å²) >= 11 is 0. The summed E-state index contributed by atoms with van der Waals surface area (Å²) < 4.78 is 12.2. The minimum atomic E-state index is 0.626. The van der Waals surface area contributed by atoms with Crippen LogP contribution in [0.4, 0.5) is 11.4 Å². The first kappa shape index (κ1) is 23.8. The van der Waals surface area contributed by atoms with Crippen molar-refractivity contribution in [3.05, 3.63) is 83.9 Å². The minimum Gasteiger partial charge on any atom is -0.436 e. The highest BCUT2D eigenvalue weighted by Crippen LogP contribution is 2.33. The maximum absolute atomic E-state index is 6.11. The van der Waals surface area contributed by atoms with Gasteiger partial charge in [-0.1, -0.05) is 24.3 Å². The van der Waals surface area contributed by atoms with E-state index in [-0.39, 0.29) is 0 Å². The van der Waals surface area contributed by atoms with Gasteiger partial charge in [-0.2, -0.15) is 0 Å². The topological polar surface area (TPSA) is 58.5 Å². The molecule has 190 valence electrons. The van der Waals surface area contributed by atoms with Crippen molar-refractivity contribution in [1.29, 1.82) is 0 Å². The molecule has 0 fully saturated rings. The molecule has 6 rings (SSSR count). The molecule has 0 aliphatic heterocycles. The molecule has 38 heavy (non-hydrogen) atoms. The van der Waals surface area contributed by atoms with Crippen molar-refractivity contribution in [3.63, 3.8) is 0 Å². The fraction of sp³-hybridized carbons (Fsp3) is 0.188. The SMILES string of the molecule is Cc1cc2nc(-c3ccc(-c4ccc(-c5nc6cc(C)c(N(C)C)cc6o5)cc4)cc3)oc2cc1N(C)C. The van der Waals surface area contributed by atoms with Gasteiger partial charge in [-0.05, 0) is 72.5 Å². The van der Waals surface area contributed by atoms with Crippen molar-refractivity contribution in [1.82, 2.24) is 9.97 Å². The van der Waals surface area contributed by atoms with Crippen LogP contribution in [0.25, 0.3) is 56.2 Å². The Balaban J connectivity index is 1.25. The second-order valence-electron chi connectivity index (χ2n) is 10.2. The van der Waals surface area contributed by atoms with Crippen LogP contribution in [0.1, 0.15) is 11.1 Å². The largest absolute Gasteiger partial charge is 0.436 e. The van der Waals surface area contributed by atoms with Crippen LogP contribution in [0.2, 0.25) is 0 Å². The van der Waals surface area contributed by atoms with Gasteiger partial charge in [0.1, 0.15) is 11.0 Å². The Kier molecular flexibility index (Phi) is 5.68. The molecule has 0 bridgehead atoms. The van der Waals surface area contributed by atoms with Gasteiger partial charge in [-0.25, -0.2) is 9.97 Å². The molecule has 0 aliphatic carbocycles. The molecule has 2 aromatic heterocycles. The Hall–Kier alpha value is -4.58. The second-order valence-corrected chi connectivity index (χ2v) is 10.2. The van der Waals surface area contributed by atoms with Crippen molar-refractivity contribution in [2.45, 2.75) is 13.8 Å². The van der Waals surface area contributed by atoms with Crippen LogP contribution in [0, 0.1) is 13.8 Å². The van der Waals surface area contributed by atoms with Crippen LogP contribution in [0.15, 0.2) is 81.6 Å². The maximum atomic E-state index is 6.11. The van der Waals surface area contributed by atoms with Gasteiger partial charge in [0.15, 0.2) is 11.2 Å². The second kappa shape index (κ2) is 9.06. The highest BCUT2D eigenvalue weighted by atomic mass is 16.4. The van der Waals surface area contributed by atoms with Crippen LogP contribution < -0.4 is 9.80 Å². The van der Waals surface area contributed by atoms with Crippen molar-refractivity contribution < 1.29 is 8.83 Å².